The number of aliphatic hydroxyl groups excluding tert-OH is 1. The topological polar surface area (TPSA) is 104 Å². The number of anilines is 1. The van der Waals surface area contributed by atoms with E-state index >= 15 is 0 Å². The summed E-state index contributed by atoms with van der Waals surface area (Å²) in [5, 5.41) is 22.2. The van der Waals surface area contributed by atoms with Gasteiger partial charge in [0.15, 0.2) is 0 Å². The molecule has 0 fully saturated rings. The van der Waals surface area contributed by atoms with Crippen LogP contribution in [0.3, 0.4) is 0 Å². The molecule has 0 radical (unpaired) electrons. The molecule has 3 N–H and O–H groups in total. The number of aliphatic hydroxyl groups is 1. The Bertz CT molecular complexity index is 469. The largest absolute Gasteiger partial charge is 0.477 e. The number of nitrogens with zero attached hydrogens (tertiary/aromatic N) is 2. The number of hydrogen-bond donors (Lipinski definition) is 3. The van der Waals surface area contributed by atoms with Crippen LogP contribution in [0.1, 0.15) is 10.4 Å². The van der Waals surface area contributed by atoms with Gasteiger partial charge in [-0.1, -0.05) is 0 Å². The summed E-state index contributed by atoms with van der Waals surface area (Å²) < 4.78 is 36.9. The van der Waals surface area contributed by atoms with Crippen LogP contribution in [0, 0.1) is 0 Å². The molecular formula is C8H8F3N3O4. The van der Waals surface area contributed by atoms with Gasteiger partial charge in [-0.25, -0.2) is 9.48 Å². The van der Waals surface area contributed by atoms with Crippen LogP contribution in [0.4, 0.5) is 19.0 Å². The third-order valence-corrected chi connectivity index (χ3v) is 1.87. The summed E-state index contributed by atoms with van der Waals surface area (Å²) in [5.74, 6) is -4.49. The van der Waals surface area contributed by atoms with Gasteiger partial charge in [0.25, 0.3) is 0 Å². The standard InChI is InChI=1S/C8H8F3N3O4/c9-8(10,11)7(18)13-5-4(6(16)17)3-12-14(5)1-2-15/h3,15H,1-2H2,(H,13,18)(H,16,17). The number of carbonyl (C=O) groups is 2. The number of carboxylic acids is 1. The molecule has 1 heterocycles. The Hall–Kier alpha value is -2.10. The van der Waals surface area contributed by atoms with Crippen LogP contribution in [-0.2, 0) is 11.3 Å². The van der Waals surface area contributed by atoms with Crippen molar-refractivity contribution in [3.63, 3.8) is 0 Å². The van der Waals surface area contributed by atoms with Crippen molar-refractivity contribution in [2.24, 2.45) is 0 Å². The molecule has 0 spiro atoms. The van der Waals surface area contributed by atoms with Crippen LogP contribution in [-0.4, -0.2) is 44.7 Å². The van der Waals surface area contributed by atoms with E-state index in [1.54, 1.807) is 0 Å². The van der Waals surface area contributed by atoms with Gasteiger partial charge in [0.1, 0.15) is 11.4 Å². The number of carbonyl (C=O) groups excluding carboxylic acids is 1. The second-order valence-electron chi connectivity index (χ2n) is 3.11. The lowest BCUT2D eigenvalue weighted by Crippen LogP contribution is -2.31. The zero-order chi connectivity index (χ0) is 13.9. The lowest BCUT2D eigenvalue weighted by molar-refractivity contribution is -0.167. The first-order chi connectivity index (χ1) is 8.27. The molecule has 1 aromatic rings. The number of aromatic carboxylic acids is 1. The summed E-state index contributed by atoms with van der Waals surface area (Å²) in [6.45, 7) is -0.726. The van der Waals surface area contributed by atoms with E-state index in [0.717, 1.165) is 10.9 Å². The van der Waals surface area contributed by atoms with Crippen LogP contribution in [0.5, 0.6) is 0 Å². The Labute approximate surface area is 97.8 Å². The van der Waals surface area contributed by atoms with Crippen molar-refractivity contribution in [3.05, 3.63) is 11.8 Å². The van der Waals surface area contributed by atoms with Crippen molar-refractivity contribution in [3.8, 4) is 0 Å². The Morgan fingerprint density at radius 1 is 1.44 bits per heavy atom. The molecule has 7 nitrogen and oxygen atoms in total. The van der Waals surface area contributed by atoms with Crippen LogP contribution in [0.2, 0.25) is 0 Å². The molecule has 0 aliphatic heterocycles. The van der Waals surface area contributed by atoms with Crippen LogP contribution in [0.25, 0.3) is 0 Å². The summed E-state index contributed by atoms with van der Waals surface area (Å²) in [7, 11) is 0. The summed E-state index contributed by atoms with van der Waals surface area (Å²) >= 11 is 0. The molecule has 0 aliphatic carbocycles. The maximum absolute atomic E-state index is 12.1. The lowest BCUT2D eigenvalue weighted by Gasteiger charge is -2.10. The van der Waals surface area contributed by atoms with E-state index in [-0.39, 0.29) is 6.54 Å². The molecule has 0 saturated carbocycles. The zero-order valence-corrected chi connectivity index (χ0v) is 8.73. The van der Waals surface area contributed by atoms with Gasteiger partial charge in [-0.15, -0.1) is 0 Å². The molecule has 1 rings (SSSR count). The number of carboxylic acid groups (broad SMARTS) is 1. The smallest absolute Gasteiger partial charge is 0.471 e. The van der Waals surface area contributed by atoms with Gasteiger partial charge in [0, 0.05) is 0 Å². The molecule has 0 unspecified atom stereocenters. The van der Waals surface area contributed by atoms with Crippen molar-refractivity contribution >= 4 is 17.7 Å². The molecule has 0 aliphatic rings. The highest BCUT2D eigenvalue weighted by atomic mass is 19.4. The first-order valence-corrected chi connectivity index (χ1v) is 4.55. The van der Waals surface area contributed by atoms with E-state index in [2.05, 4.69) is 5.10 Å². The summed E-state index contributed by atoms with van der Waals surface area (Å²) in [6, 6.07) is 0. The Kier molecular flexibility index (Phi) is 3.91. The quantitative estimate of drug-likeness (QED) is 0.716. The fourth-order valence-electron chi connectivity index (χ4n) is 1.12. The van der Waals surface area contributed by atoms with Gasteiger partial charge >= 0.3 is 18.1 Å². The van der Waals surface area contributed by atoms with Gasteiger partial charge in [-0.05, 0) is 0 Å². The number of amides is 1. The number of nitrogens with one attached hydrogen (secondary N) is 1. The first kappa shape index (κ1) is 14.0. The first-order valence-electron chi connectivity index (χ1n) is 4.55. The van der Waals surface area contributed by atoms with E-state index in [9.17, 15) is 22.8 Å². The van der Waals surface area contributed by atoms with Crippen LogP contribution >= 0.6 is 0 Å². The molecule has 1 aromatic heterocycles. The minimum absolute atomic E-state index is 0.249. The van der Waals surface area contributed by atoms with E-state index in [4.69, 9.17) is 10.2 Å². The molecule has 1 amide bonds. The fraction of sp³-hybridized carbons (Fsp3) is 0.375. The second-order valence-corrected chi connectivity index (χ2v) is 3.11. The number of halogens is 3. The molecule has 0 saturated heterocycles. The Morgan fingerprint density at radius 2 is 2.06 bits per heavy atom. The summed E-state index contributed by atoms with van der Waals surface area (Å²) in [6.07, 6.45) is -4.37. The molecule has 10 heteroatoms. The minimum atomic E-state index is -5.15. The second kappa shape index (κ2) is 5.04. The Morgan fingerprint density at radius 3 is 2.50 bits per heavy atom. The molecule has 0 aromatic carbocycles. The van der Waals surface area contributed by atoms with E-state index < -0.39 is 36.0 Å². The average Bonchev–Trinajstić information content (AvgIpc) is 2.61. The lowest BCUT2D eigenvalue weighted by atomic mass is 10.3. The van der Waals surface area contributed by atoms with Crippen molar-refractivity contribution < 1.29 is 33.0 Å². The minimum Gasteiger partial charge on any atom is -0.477 e. The average molecular weight is 267 g/mol. The predicted octanol–water partition coefficient (Wildman–Crippen LogP) is 0.0744. The van der Waals surface area contributed by atoms with Crippen molar-refractivity contribution in [1.29, 1.82) is 0 Å². The monoisotopic (exact) mass is 267 g/mol. The number of alkyl halides is 3. The van der Waals surface area contributed by atoms with Crippen LogP contribution < -0.4 is 5.32 Å². The SMILES string of the molecule is O=C(O)c1cnn(CCO)c1NC(=O)C(F)(F)F. The zero-order valence-electron chi connectivity index (χ0n) is 8.73. The molecular weight excluding hydrogens is 259 g/mol. The Balaban J connectivity index is 3.08. The maximum atomic E-state index is 12.1. The molecule has 100 valence electrons. The van der Waals surface area contributed by atoms with Crippen LogP contribution in [0.15, 0.2) is 6.20 Å². The third-order valence-electron chi connectivity index (χ3n) is 1.87. The van der Waals surface area contributed by atoms with Gasteiger partial charge in [0.05, 0.1) is 19.3 Å². The van der Waals surface area contributed by atoms with Gasteiger partial charge in [-0.3, -0.25) is 4.79 Å². The van der Waals surface area contributed by atoms with Gasteiger partial charge in [-0.2, -0.15) is 18.3 Å². The number of hydrogen-bond acceptors (Lipinski definition) is 4. The van der Waals surface area contributed by atoms with Crippen molar-refractivity contribution in [1.82, 2.24) is 9.78 Å². The van der Waals surface area contributed by atoms with E-state index in [1.807, 2.05) is 0 Å². The highest BCUT2D eigenvalue weighted by molar-refractivity contribution is 6.01. The summed E-state index contributed by atoms with van der Waals surface area (Å²) in [5.41, 5.74) is -0.596. The normalized spacial score (nSPS) is 11.3. The predicted molar refractivity (Wildman–Crippen MR) is 51.0 cm³/mol. The highest BCUT2D eigenvalue weighted by Gasteiger charge is 2.40. The van der Waals surface area contributed by atoms with E-state index in [0.29, 0.717) is 0 Å². The number of rotatable bonds is 4. The highest BCUT2D eigenvalue weighted by Crippen LogP contribution is 2.21. The molecule has 0 atom stereocenters. The van der Waals surface area contributed by atoms with E-state index in [1.165, 1.54) is 5.32 Å². The van der Waals surface area contributed by atoms with Crippen molar-refractivity contribution in [2.75, 3.05) is 11.9 Å². The van der Waals surface area contributed by atoms with Gasteiger partial charge in [0.2, 0.25) is 0 Å². The van der Waals surface area contributed by atoms with Crippen molar-refractivity contribution in [2.45, 2.75) is 12.7 Å². The molecule has 18 heavy (non-hydrogen) atoms. The maximum Gasteiger partial charge on any atom is 0.471 e. The van der Waals surface area contributed by atoms with Gasteiger partial charge < -0.3 is 15.5 Å². The summed E-state index contributed by atoms with van der Waals surface area (Å²) in [4.78, 5) is 21.5. The third kappa shape index (κ3) is 2.97. The fourth-order valence-corrected chi connectivity index (χ4v) is 1.12. The number of aromatic nitrogens is 2. The molecule has 0 bridgehead atoms.